The van der Waals surface area contributed by atoms with Crippen molar-refractivity contribution in [2.75, 3.05) is 19.1 Å². The van der Waals surface area contributed by atoms with Crippen LogP contribution in [-0.2, 0) is 11.3 Å². The van der Waals surface area contributed by atoms with Crippen molar-refractivity contribution in [2.45, 2.75) is 13.0 Å². The first-order chi connectivity index (χ1) is 14.3. The Morgan fingerprint density at radius 1 is 1.03 bits per heavy atom. The Morgan fingerprint density at radius 3 is 2.66 bits per heavy atom. The normalized spacial score (nSPS) is 11.5. The first-order valence-corrected chi connectivity index (χ1v) is 9.53. The number of anilines is 1. The van der Waals surface area contributed by atoms with E-state index in [1.807, 2.05) is 42.5 Å². The fourth-order valence-electron chi connectivity index (χ4n) is 3.35. The van der Waals surface area contributed by atoms with Gasteiger partial charge in [0.2, 0.25) is 5.95 Å². The van der Waals surface area contributed by atoms with E-state index in [0.29, 0.717) is 36.4 Å². The van der Waals surface area contributed by atoms with Gasteiger partial charge >= 0.3 is 0 Å². The minimum Gasteiger partial charge on any atom is -0.385 e. The average molecular weight is 386 g/mol. The highest BCUT2D eigenvalue weighted by molar-refractivity contribution is 5.99. The molecule has 0 saturated carbocycles. The highest BCUT2D eigenvalue weighted by Gasteiger charge is 2.10. The van der Waals surface area contributed by atoms with E-state index in [-0.39, 0.29) is 5.56 Å². The van der Waals surface area contributed by atoms with Crippen LogP contribution in [0.3, 0.4) is 0 Å². The van der Waals surface area contributed by atoms with E-state index in [0.717, 1.165) is 16.3 Å². The number of nitrogens with zero attached hydrogens (tertiary/aromatic N) is 3. The Kier molecular flexibility index (Phi) is 5.63. The number of aromatic nitrogens is 2. The van der Waals surface area contributed by atoms with Crippen LogP contribution in [-0.4, -0.2) is 29.5 Å². The second-order valence-electron chi connectivity index (χ2n) is 6.69. The molecule has 146 valence electrons. The van der Waals surface area contributed by atoms with Crippen molar-refractivity contribution >= 4 is 33.8 Å². The number of methoxy groups -OCH3 is 1. The van der Waals surface area contributed by atoms with Gasteiger partial charge in [-0.2, -0.15) is 5.10 Å². The summed E-state index contributed by atoms with van der Waals surface area (Å²) in [4.78, 5) is 17.5. The van der Waals surface area contributed by atoms with Gasteiger partial charge < -0.3 is 4.74 Å². The zero-order valence-electron chi connectivity index (χ0n) is 16.2. The number of rotatable bonds is 7. The van der Waals surface area contributed by atoms with Gasteiger partial charge in [-0.1, -0.05) is 54.6 Å². The molecule has 6 nitrogen and oxygen atoms in total. The topological polar surface area (TPSA) is 68.5 Å². The molecule has 0 aliphatic heterocycles. The van der Waals surface area contributed by atoms with Crippen LogP contribution in [0.5, 0.6) is 0 Å². The molecule has 1 aromatic heterocycles. The monoisotopic (exact) mass is 386 g/mol. The van der Waals surface area contributed by atoms with E-state index in [2.05, 4.69) is 33.7 Å². The fraction of sp³-hybridized carbons (Fsp3) is 0.174. The van der Waals surface area contributed by atoms with Crippen molar-refractivity contribution in [1.29, 1.82) is 0 Å². The van der Waals surface area contributed by atoms with Crippen LogP contribution in [0.25, 0.3) is 21.7 Å². The van der Waals surface area contributed by atoms with Gasteiger partial charge in [0.1, 0.15) is 0 Å². The maximum Gasteiger partial charge on any atom is 0.262 e. The molecule has 0 atom stereocenters. The van der Waals surface area contributed by atoms with Gasteiger partial charge in [-0.05, 0) is 29.3 Å². The number of para-hydroxylation sites is 1. The SMILES string of the molecule is COCCCn1c(N/N=C\c2cccc3ccccc23)nc2ccccc2c1=O. The molecule has 3 aromatic carbocycles. The van der Waals surface area contributed by atoms with Crippen molar-refractivity contribution in [3.8, 4) is 0 Å². The lowest BCUT2D eigenvalue weighted by molar-refractivity contribution is 0.190. The van der Waals surface area contributed by atoms with Crippen LogP contribution in [0.1, 0.15) is 12.0 Å². The maximum atomic E-state index is 12.9. The van der Waals surface area contributed by atoms with E-state index in [4.69, 9.17) is 4.74 Å². The van der Waals surface area contributed by atoms with Crippen molar-refractivity contribution in [3.05, 3.63) is 82.6 Å². The van der Waals surface area contributed by atoms with Crippen LogP contribution < -0.4 is 11.0 Å². The second-order valence-corrected chi connectivity index (χ2v) is 6.69. The van der Waals surface area contributed by atoms with Gasteiger partial charge in [-0.3, -0.25) is 9.36 Å². The van der Waals surface area contributed by atoms with Crippen LogP contribution in [0, 0.1) is 0 Å². The molecule has 4 aromatic rings. The van der Waals surface area contributed by atoms with Crippen molar-refractivity contribution in [3.63, 3.8) is 0 Å². The summed E-state index contributed by atoms with van der Waals surface area (Å²) in [7, 11) is 1.65. The molecule has 0 amide bonds. The van der Waals surface area contributed by atoms with E-state index in [9.17, 15) is 4.79 Å². The third-order valence-corrected chi connectivity index (χ3v) is 4.78. The van der Waals surface area contributed by atoms with Crippen molar-refractivity contribution in [2.24, 2.45) is 5.10 Å². The largest absolute Gasteiger partial charge is 0.385 e. The Balaban J connectivity index is 1.68. The quantitative estimate of drug-likeness (QED) is 0.296. The summed E-state index contributed by atoms with van der Waals surface area (Å²) in [6.07, 6.45) is 2.46. The third kappa shape index (κ3) is 4.02. The molecule has 4 rings (SSSR count). The lowest BCUT2D eigenvalue weighted by atomic mass is 10.1. The molecule has 0 radical (unpaired) electrons. The molecule has 0 unspecified atom stereocenters. The van der Waals surface area contributed by atoms with Crippen LogP contribution in [0.15, 0.2) is 76.6 Å². The van der Waals surface area contributed by atoms with E-state index in [1.165, 1.54) is 0 Å². The molecule has 0 fully saturated rings. The van der Waals surface area contributed by atoms with Crippen LogP contribution in [0.4, 0.5) is 5.95 Å². The Hall–Kier alpha value is -3.51. The molecular formula is C23H22N4O2. The van der Waals surface area contributed by atoms with Gasteiger partial charge in [0.25, 0.3) is 5.56 Å². The zero-order chi connectivity index (χ0) is 20.1. The summed E-state index contributed by atoms with van der Waals surface area (Å²) in [6.45, 7) is 1.06. The molecule has 29 heavy (non-hydrogen) atoms. The zero-order valence-corrected chi connectivity index (χ0v) is 16.2. The summed E-state index contributed by atoms with van der Waals surface area (Å²) < 4.78 is 6.74. The number of nitrogens with one attached hydrogen (secondary N) is 1. The van der Waals surface area contributed by atoms with E-state index >= 15 is 0 Å². The number of benzene rings is 3. The number of hydrogen-bond acceptors (Lipinski definition) is 5. The second kappa shape index (κ2) is 8.67. The molecule has 0 aliphatic carbocycles. The standard InChI is InChI=1S/C23H22N4O2/c1-29-15-7-14-27-22(28)20-12-4-5-13-21(20)25-23(27)26-24-16-18-10-6-9-17-8-2-3-11-19(17)18/h2-6,8-13,16H,7,14-15H2,1H3,(H,25,26)/b24-16-. The Bertz CT molecular complexity index is 1230. The predicted molar refractivity (Wildman–Crippen MR) is 118 cm³/mol. The number of hydrogen-bond donors (Lipinski definition) is 1. The lowest BCUT2D eigenvalue weighted by Gasteiger charge is -2.12. The third-order valence-electron chi connectivity index (χ3n) is 4.78. The van der Waals surface area contributed by atoms with Crippen molar-refractivity contribution in [1.82, 2.24) is 9.55 Å². The molecule has 0 bridgehead atoms. The molecule has 0 spiro atoms. The molecule has 0 saturated heterocycles. The number of fused-ring (bicyclic) bond motifs is 2. The van der Waals surface area contributed by atoms with Crippen LogP contribution in [0.2, 0.25) is 0 Å². The highest BCUT2D eigenvalue weighted by atomic mass is 16.5. The summed E-state index contributed by atoms with van der Waals surface area (Å²) in [5.74, 6) is 0.418. The summed E-state index contributed by atoms with van der Waals surface area (Å²) >= 11 is 0. The smallest absolute Gasteiger partial charge is 0.262 e. The van der Waals surface area contributed by atoms with Gasteiger partial charge in [0, 0.05) is 25.8 Å². The predicted octanol–water partition coefficient (Wildman–Crippen LogP) is 4.03. The minimum absolute atomic E-state index is 0.0884. The number of hydrazone groups is 1. The maximum absolute atomic E-state index is 12.9. The number of ether oxygens (including phenoxy) is 1. The Labute approximate surface area is 168 Å². The summed E-state index contributed by atoms with van der Waals surface area (Å²) in [5, 5.41) is 7.23. The van der Waals surface area contributed by atoms with Gasteiger partial charge in [-0.25, -0.2) is 10.4 Å². The Morgan fingerprint density at radius 2 is 1.79 bits per heavy atom. The molecule has 0 aliphatic rings. The minimum atomic E-state index is -0.0884. The van der Waals surface area contributed by atoms with Gasteiger partial charge in [0.15, 0.2) is 0 Å². The van der Waals surface area contributed by atoms with Gasteiger partial charge in [0.05, 0.1) is 17.1 Å². The molecule has 1 N–H and O–H groups in total. The first-order valence-electron chi connectivity index (χ1n) is 9.53. The van der Waals surface area contributed by atoms with Crippen molar-refractivity contribution < 1.29 is 4.74 Å². The summed E-state index contributed by atoms with van der Waals surface area (Å²) in [6, 6.07) is 21.6. The lowest BCUT2D eigenvalue weighted by Crippen LogP contribution is -2.24. The van der Waals surface area contributed by atoms with E-state index in [1.54, 1.807) is 24.0 Å². The fourth-order valence-corrected chi connectivity index (χ4v) is 3.35. The first kappa shape index (κ1) is 18.8. The highest BCUT2D eigenvalue weighted by Crippen LogP contribution is 2.17. The molecule has 1 heterocycles. The molecular weight excluding hydrogens is 364 g/mol. The summed E-state index contributed by atoms with van der Waals surface area (Å²) in [5.41, 5.74) is 4.51. The van der Waals surface area contributed by atoms with Gasteiger partial charge in [-0.15, -0.1) is 0 Å². The molecule has 6 heteroatoms. The van der Waals surface area contributed by atoms with Crippen LogP contribution >= 0.6 is 0 Å². The average Bonchev–Trinajstić information content (AvgIpc) is 2.76. The van der Waals surface area contributed by atoms with E-state index < -0.39 is 0 Å².